The fourth-order valence-electron chi connectivity index (χ4n) is 0.888. The molecule has 0 spiro atoms. The molecule has 0 fully saturated rings. The standard InChI is InChI=1S/C8H15BBr2.C2H6S/c1-2-3-4-5-6-7-8-9(10)11;1-3-2/h7-8H,2-6H2,1H3;1-2H3/b8-7+;. The van der Waals surface area contributed by atoms with Gasteiger partial charge in [-0.05, 0) is 25.4 Å². The number of halogens is 2. The molecule has 0 aliphatic heterocycles. The molecule has 0 N–H and O–H groups in total. The van der Waals surface area contributed by atoms with Gasteiger partial charge >= 0.3 is 4.36 Å². The summed E-state index contributed by atoms with van der Waals surface area (Å²) in [6, 6.07) is 0. The molecule has 0 nitrogen and oxygen atoms in total. The Morgan fingerprint density at radius 2 is 1.71 bits per heavy atom. The molecule has 0 saturated carbocycles. The molecule has 0 saturated heterocycles. The van der Waals surface area contributed by atoms with Crippen molar-refractivity contribution >= 4 is 47.6 Å². The first kappa shape index (κ1) is 17.5. The molecule has 0 aliphatic rings. The van der Waals surface area contributed by atoms with Crippen LogP contribution in [-0.4, -0.2) is 16.9 Å². The fraction of sp³-hybridized carbons (Fsp3) is 0.800. The highest BCUT2D eigenvalue weighted by molar-refractivity contribution is 9.49. The third-order valence-corrected chi connectivity index (χ3v) is 2.12. The maximum atomic E-state index is 3.39. The summed E-state index contributed by atoms with van der Waals surface area (Å²) >= 11 is 8.52. The van der Waals surface area contributed by atoms with Crippen molar-refractivity contribution in [3.8, 4) is 0 Å². The summed E-state index contributed by atoms with van der Waals surface area (Å²) in [5.74, 6) is 2.13. The van der Waals surface area contributed by atoms with Crippen LogP contribution in [0.5, 0.6) is 0 Å². The lowest BCUT2D eigenvalue weighted by molar-refractivity contribution is 0.675. The van der Waals surface area contributed by atoms with Crippen molar-refractivity contribution in [3.63, 3.8) is 0 Å². The zero-order chi connectivity index (χ0) is 11.2. The molecular weight excluding hydrogens is 323 g/mol. The van der Waals surface area contributed by atoms with Crippen molar-refractivity contribution in [2.24, 2.45) is 0 Å². The molecular formula is C10H21BBr2S. The second kappa shape index (κ2) is 16.5. The largest absolute Gasteiger partial charge is 0.322 e. The zero-order valence-electron chi connectivity index (χ0n) is 9.43. The summed E-state index contributed by atoms with van der Waals surface area (Å²) in [6.07, 6.45) is 12.9. The predicted octanol–water partition coefficient (Wildman–Crippen LogP) is 5.31. The monoisotopic (exact) mass is 342 g/mol. The highest BCUT2D eigenvalue weighted by atomic mass is 79.9. The van der Waals surface area contributed by atoms with Crippen LogP contribution in [0.1, 0.15) is 39.0 Å². The second-order valence-corrected chi connectivity index (χ2v) is 7.04. The molecule has 4 heteroatoms. The molecule has 0 aromatic carbocycles. The van der Waals surface area contributed by atoms with Gasteiger partial charge in [0.1, 0.15) is 0 Å². The van der Waals surface area contributed by atoms with Crippen LogP contribution in [0.2, 0.25) is 0 Å². The van der Waals surface area contributed by atoms with E-state index in [4.69, 9.17) is 0 Å². The first-order valence-corrected chi connectivity index (χ1v) is 8.50. The van der Waals surface area contributed by atoms with E-state index in [9.17, 15) is 0 Å². The van der Waals surface area contributed by atoms with Crippen LogP contribution in [0.15, 0.2) is 12.1 Å². The molecule has 14 heavy (non-hydrogen) atoms. The maximum absolute atomic E-state index is 3.39. The Bertz CT molecular complexity index is 119. The molecule has 0 unspecified atom stereocenters. The van der Waals surface area contributed by atoms with Gasteiger partial charge in [0.25, 0.3) is 0 Å². The van der Waals surface area contributed by atoms with Crippen LogP contribution in [0.3, 0.4) is 0 Å². The highest BCUT2D eigenvalue weighted by Crippen LogP contribution is 2.07. The van der Waals surface area contributed by atoms with Gasteiger partial charge in [-0.1, -0.05) is 38.2 Å². The van der Waals surface area contributed by atoms with E-state index in [-0.39, 0.29) is 0 Å². The summed E-state index contributed by atoms with van der Waals surface area (Å²) in [4.78, 5) is 0. The van der Waals surface area contributed by atoms with Crippen LogP contribution < -0.4 is 0 Å². The topological polar surface area (TPSA) is 0 Å². The number of hydrogen-bond acceptors (Lipinski definition) is 1. The molecule has 84 valence electrons. The van der Waals surface area contributed by atoms with Gasteiger partial charge in [0, 0.05) is 0 Å². The van der Waals surface area contributed by atoms with E-state index in [0.29, 0.717) is 4.36 Å². The molecule has 0 radical (unpaired) electrons. The van der Waals surface area contributed by atoms with Gasteiger partial charge in [0.05, 0.1) is 0 Å². The SMILES string of the molecule is CCCCCC/C=C/B(Br)Br.CSC. The van der Waals surface area contributed by atoms with Crippen molar-refractivity contribution in [1.82, 2.24) is 0 Å². The molecule has 0 atom stereocenters. The Kier molecular flexibility index (Phi) is 20.7. The average Bonchev–Trinajstić information content (AvgIpc) is 2.12. The van der Waals surface area contributed by atoms with Crippen molar-refractivity contribution < 1.29 is 0 Å². The molecule has 0 aliphatic carbocycles. The average molecular weight is 344 g/mol. The smallest absolute Gasteiger partial charge is 0.169 e. The van der Waals surface area contributed by atoms with E-state index in [1.165, 1.54) is 32.1 Å². The first-order valence-electron chi connectivity index (χ1n) is 5.03. The van der Waals surface area contributed by atoms with Gasteiger partial charge in [-0.3, -0.25) is 0 Å². The quantitative estimate of drug-likeness (QED) is 0.465. The van der Waals surface area contributed by atoms with Gasteiger partial charge in [0.2, 0.25) is 0 Å². The Morgan fingerprint density at radius 1 is 1.14 bits per heavy atom. The van der Waals surface area contributed by atoms with Crippen molar-refractivity contribution in [2.75, 3.05) is 12.5 Å². The van der Waals surface area contributed by atoms with Crippen molar-refractivity contribution in [3.05, 3.63) is 12.1 Å². The van der Waals surface area contributed by atoms with Crippen LogP contribution in [0, 0.1) is 0 Å². The molecule has 0 rings (SSSR count). The van der Waals surface area contributed by atoms with Gasteiger partial charge in [-0.25, -0.2) is 0 Å². The van der Waals surface area contributed by atoms with E-state index in [2.05, 4.69) is 50.5 Å². The Labute approximate surface area is 111 Å². The summed E-state index contributed by atoms with van der Waals surface area (Å²) in [6.45, 7) is 2.24. The lowest BCUT2D eigenvalue weighted by Crippen LogP contribution is -1.81. The molecule has 0 aromatic heterocycles. The lowest BCUT2D eigenvalue weighted by Gasteiger charge is -1.93. The molecule has 0 bridgehead atoms. The van der Waals surface area contributed by atoms with Gasteiger partial charge in [0.15, 0.2) is 0 Å². The molecule has 0 aromatic rings. The summed E-state index contributed by atoms with van der Waals surface area (Å²) in [5, 5.41) is 0. The number of allylic oxidation sites excluding steroid dienone is 1. The molecule has 0 heterocycles. The Morgan fingerprint density at radius 3 is 2.14 bits per heavy atom. The van der Waals surface area contributed by atoms with Crippen molar-refractivity contribution in [1.29, 1.82) is 0 Å². The van der Waals surface area contributed by atoms with Gasteiger partial charge in [-0.15, -0.1) is 31.5 Å². The summed E-state index contributed by atoms with van der Waals surface area (Å²) in [7, 11) is 0. The predicted molar refractivity (Wildman–Crippen MR) is 80.9 cm³/mol. The van der Waals surface area contributed by atoms with Crippen molar-refractivity contribution in [2.45, 2.75) is 39.0 Å². The Balaban J connectivity index is 0. The second-order valence-electron chi connectivity index (χ2n) is 3.02. The number of rotatable bonds is 6. The third kappa shape index (κ3) is 23.2. The normalized spacial score (nSPS) is 9.79. The zero-order valence-corrected chi connectivity index (χ0v) is 13.4. The third-order valence-electron chi connectivity index (χ3n) is 1.51. The van der Waals surface area contributed by atoms with E-state index >= 15 is 0 Å². The first-order chi connectivity index (χ1) is 6.68. The molecule has 0 amide bonds. The number of unbranched alkanes of at least 4 members (excludes halogenated alkanes) is 4. The van der Waals surface area contributed by atoms with E-state index < -0.39 is 0 Å². The summed E-state index contributed by atoms with van der Waals surface area (Å²) in [5.41, 5.74) is 0. The van der Waals surface area contributed by atoms with Crippen LogP contribution >= 0.6 is 43.3 Å². The minimum atomic E-state index is 0.348. The van der Waals surface area contributed by atoms with Gasteiger partial charge in [-0.2, -0.15) is 11.8 Å². The maximum Gasteiger partial charge on any atom is 0.322 e. The summed E-state index contributed by atoms with van der Waals surface area (Å²) < 4.78 is 0.348. The van der Waals surface area contributed by atoms with E-state index in [1.54, 1.807) is 11.8 Å². The number of hydrogen-bond donors (Lipinski definition) is 0. The van der Waals surface area contributed by atoms with Crippen LogP contribution in [0.25, 0.3) is 0 Å². The fourth-order valence-corrected chi connectivity index (χ4v) is 1.32. The van der Waals surface area contributed by atoms with Gasteiger partial charge < -0.3 is 0 Å². The van der Waals surface area contributed by atoms with E-state index in [0.717, 1.165) is 0 Å². The van der Waals surface area contributed by atoms with Crippen LogP contribution in [-0.2, 0) is 0 Å². The number of thioether (sulfide) groups is 1. The highest BCUT2D eigenvalue weighted by Gasteiger charge is 1.93. The minimum Gasteiger partial charge on any atom is -0.169 e. The lowest BCUT2D eigenvalue weighted by atomic mass is 10.1. The van der Waals surface area contributed by atoms with Crippen LogP contribution in [0.4, 0.5) is 0 Å². The minimum absolute atomic E-state index is 0.348. The van der Waals surface area contributed by atoms with E-state index in [1.807, 2.05) is 12.5 Å². The Hall–Kier alpha value is 1.11.